The standard InChI is InChI=1S/C10H16INO/c11-9-1-3-12(4-2-9)10-5-8(6-10)7-13/h7-10H,1-6H2. The highest BCUT2D eigenvalue weighted by Crippen LogP contribution is 2.32. The van der Waals surface area contributed by atoms with Gasteiger partial charge in [-0.05, 0) is 38.8 Å². The SMILES string of the molecule is O=CC1CC(N2CCC(I)CC2)C1. The summed E-state index contributed by atoms with van der Waals surface area (Å²) in [4.78, 5) is 13.0. The first-order valence-electron chi connectivity index (χ1n) is 5.13. The first-order chi connectivity index (χ1) is 6.29. The van der Waals surface area contributed by atoms with Crippen molar-refractivity contribution in [2.24, 2.45) is 5.92 Å². The Morgan fingerprint density at radius 1 is 1.23 bits per heavy atom. The van der Waals surface area contributed by atoms with E-state index < -0.39 is 0 Å². The molecule has 2 fully saturated rings. The van der Waals surface area contributed by atoms with Gasteiger partial charge in [0.2, 0.25) is 0 Å². The van der Waals surface area contributed by atoms with Crippen molar-refractivity contribution < 1.29 is 4.79 Å². The molecule has 3 heteroatoms. The third-order valence-corrected chi connectivity index (χ3v) is 4.56. The number of piperidine rings is 1. The topological polar surface area (TPSA) is 20.3 Å². The lowest BCUT2D eigenvalue weighted by atomic mass is 9.80. The van der Waals surface area contributed by atoms with Gasteiger partial charge in [-0.15, -0.1) is 0 Å². The summed E-state index contributed by atoms with van der Waals surface area (Å²) in [5.41, 5.74) is 0. The lowest BCUT2D eigenvalue weighted by molar-refractivity contribution is -0.115. The van der Waals surface area contributed by atoms with Crippen molar-refractivity contribution in [3.05, 3.63) is 0 Å². The molecule has 0 aromatic rings. The van der Waals surface area contributed by atoms with Gasteiger partial charge in [0.1, 0.15) is 6.29 Å². The minimum absolute atomic E-state index is 0.377. The predicted molar refractivity (Wildman–Crippen MR) is 61.2 cm³/mol. The zero-order chi connectivity index (χ0) is 9.26. The van der Waals surface area contributed by atoms with E-state index in [1.165, 1.54) is 25.9 Å². The molecule has 0 atom stereocenters. The second-order valence-corrected chi connectivity index (χ2v) is 5.99. The Hall–Kier alpha value is 0.360. The van der Waals surface area contributed by atoms with Crippen molar-refractivity contribution in [1.82, 2.24) is 4.90 Å². The van der Waals surface area contributed by atoms with Crippen molar-refractivity contribution in [2.75, 3.05) is 13.1 Å². The molecule has 1 saturated heterocycles. The molecule has 13 heavy (non-hydrogen) atoms. The second-order valence-electron chi connectivity index (χ2n) is 4.23. The lowest BCUT2D eigenvalue weighted by Gasteiger charge is -2.43. The minimum Gasteiger partial charge on any atom is -0.303 e. The summed E-state index contributed by atoms with van der Waals surface area (Å²) in [5.74, 6) is 0.377. The molecule has 2 rings (SSSR count). The number of hydrogen-bond acceptors (Lipinski definition) is 2. The molecule has 0 unspecified atom stereocenters. The molecule has 0 N–H and O–H groups in total. The zero-order valence-corrected chi connectivity index (χ0v) is 9.94. The Kier molecular flexibility index (Phi) is 3.24. The van der Waals surface area contributed by atoms with E-state index in [1.54, 1.807) is 0 Å². The van der Waals surface area contributed by atoms with Crippen LogP contribution in [0.4, 0.5) is 0 Å². The van der Waals surface area contributed by atoms with Crippen molar-refractivity contribution in [3.8, 4) is 0 Å². The van der Waals surface area contributed by atoms with Gasteiger partial charge in [0, 0.05) is 15.9 Å². The summed E-state index contributed by atoms with van der Waals surface area (Å²) in [6.07, 6.45) is 6.04. The highest BCUT2D eigenvalue weighted by Gasteiger charge is 2.34. The number of likely N-dealkylation sites (tertiary alicyclic amines) is 1. The Balaban J connectivity index is 1.74. The van der Waals surface area contributed by atoms with E-state index in [0.717, 1.165) is 29.1 Å². The molecular weight excluding hydrogens is 277 g/mol. The van der Waals surface area contributed by atoms with Gasteiger partial charge < -0.3 is 9.69 Å². The largest absolute Gasteiger partial charge is 0.303 e. The molecule has 1 aliphatic heterocycles. The number of rotatable bonds is 2. The van der Waals surface area contributed by atoms with Crippen LogP contribution in [0.5, 0.6) is 0 Å². The van der Waals surface area contributed by atoms with Crippen molar-refractivity contribution in [1.29, 1.82) is 0 Å². The van der Waals surface area contributed by atoms with Crippen LogP contribution >= 0.6 is 22.6 Å². The lowest BCUT2D eigenvalue weighted by Crippen LogP contribution is -2.48. The smallest absolute Gasteiger partial charge is 0.123 e. The van der Waals surface area contributed by atoms with Gasteiger partial charge in [0.15, 0.2) is 0 Å². The summed E-state index contributed by atoms with van der Waals surface area (Å²) < 4.78 is 0.885. The van der Waals surface area contributed by atoms with E-state index in [2.05, 4.69) is 27.5 Å². The number of carbonyl (C=O) groups excluding carboxylic acids is 1. The van der Waals surface area contributed by atoms with Gasteiger partial charge in [0.05, 0.1) is 0 Å². The third kappa shape index (κ3) is 2.24. The number of halogens is 1. The molecule has 1 aliphatic carbocycles. The fraction of sp³-hybridized carbons (Fsp3) is 0.900. The average molecular weight is 293 g/mol. The molecule has 74 valence electrons. The summed E-state index contributed by atoms with van der Waals surface area (Å²) in [6.45, 7) is 2.51. The molecular formula is C10H16INO. The van der Waals surface area contributed by atoms with Gasteiger partial charge in [-0.3, -0.25) is 0 Å². The van der Waals surface area contributed by atoms with E-state index in [1.807, 2.05) is 0 Å². The monoisotopic (exact) mass is 293 g/mol. The Morgan fingerprint density at radius 2 is 1.85 bits per heavy atom. The summed E-state index contributed by atoms with van der Waals surface area (Å²) >= 11 is 2.55. The third-order valence-electron chi connectivity index (χ3n) is 3.32. The molecule has 0 amide bonds. The molecule has 0 aromatic carbocycles. The predicted octanol–water partition coefficient (Wildman–Crippen LogP) is 1.86. The molecule has 0 bridgehead atoms. The van der Waals surface area contributed by atoms with Crippen LogP contribution in [0, 0.1) is 5.92 Å². The summed E-state index contributed by atoms with van der Waals surface area (Å²) in [5, 5.41) is 0. The number of alkyl halides is 1. The van der Waals surface area contributed by atoms with Crippen molar-refractivity contribution in [2.45, 2.75) is 35.6 Å². The summed E-state index contributed by atoms with van der Waals surface area (Å²) in [7, 11) is 0. The molecule has 1 heterocycles. The molecule has 1 saturated carbocycles. The molecule has 2 nitrogen and oxygen atoms in total. The van der Waals surface area contributed by atoms with E-state index in [-0.39, 0.29) is 0 Å². The molecule has 0 spiro atoms. The first-order valence-corrected chi connectivity index (χ1v) is 6.37. The van der Waals surface area contributed by atoms with Crippen LogP contribution in [-0.2, 0) is 4.79 Å². The van der Waals surface area contributed by atoms with Crippen LogP contribution in [0.1, 0.15) is 25.7 Å². The fourth-order valence-corrected chi connectivity index (χ4v) is 2.83. The van der Waals surface area contributed by atoms with E-state index in [0.29, 0.717) is 5.92 Å². The highest BCUT2D eigenvalue weighted by atomic mass is 127. The van der Waals surface area contributed by atoms with Crippen LogP contribution in [0.15, 0.2) is 0 Å². The second kappa shape index (κ2) is 4.26. The van der Waals surface area contributed by atoms with E-state index in [9.17, 15) is 4.79 Å². The fourth-order valence-electron chi connectivity index (χ4n) is 2.27. The van der Waals surface area contributed by atoms with Crippen LogP contribution in [-0.4, -0.2) is 34.2 Å². The Morgan fingerprint density at radius 3 is 2.38 bits per heavy atom. The van der Waals surface area contributed by atoms with Gasteiger partial charge in [-0.1, -0.05) is 22.6 Å². The van der Waals surface area contributed by atoms with Gasteiger partial charge in [0.25, 0.3) is 0 Å². The van der Waals surface area contributed by atoms with Crippen molar-refractivity contribution >= 4 is 28.9 Å². The average Bonchev–Trinajstić information content (AvgIpc) is 2.06. The zero-order valence-electron chi connectivity index (χ0n) is 7.79. The first kappa shape index (κ1) is 9.90. The number of nitrogens with zero attached hydrogens (tertiary/aromatic N) is 1. The molecule has 0 aromatic heterocycles. The van der Waals surface area contributed by atoms with Crippen LogP contribution in [0.3, 0.4) is 0 Å². The molecule has 2 aliphatic rings. The van der Waals surface area contributed by atoms with Crippen LogP contribution in [0.25, 0.3) is 0 Å². The maximum atomic E-state index is 10.4. The number of aldehydes is 1. The number of hydrogen-bond donors (Lipinski definition) is 0. The van der Waals surface area contributed by atoms with Gasteiger partial charge >= 0.3 is 0 Å². The summed E-state index contributed by atoms with van der Waals surface area (Å²) in [6, 6.07) is 0.735. The highest BCUT2D eigenvalue weighted by molar-refractivity contribution is 14.1. The van der Waals surface area contributed by atoms with E-state index >= 15 is 0 Å². The van der Waals surface area contributed by atoms with Gasteiger partial charge in [-0.2, -0.15) is 0 Å². The Labute approximate surface area is 93.2 Å². The van der Waals surface area contributed by atoms with Gasteiger partial charge in [-0.25, -0.2) is 0 Å². The quantitative estimate of drug-likeness (QED) is 0.440. The maximum Gasteiger partial charge on any atom is 0.123 e. The van der Waals surface area contributed by atoms with Crippen molar-refractivity contribution in [3.63, 3.8) is 0 Å². The van der Waals surface area contributed by atoms with E-state index in [4.69, 9.17) is 0 Å². The molecule has 0 radical (unpaired) electrons. The Bertz CT molecular complexity index is 183. The van der Waals surface area contributed by atoms with Crippen LogP contribution in [0.2, 0.25) is 0 Å². The normalized spacial score (nSPS) is 37.0. The van der Waals surface area contributed by atoms with Crippen LogP contribution < -0.4 is 0 Å². The minimum atomic E-state index is 0.377. The number of carbonyl (C=O) groups is 1. The maximum absolute atomic E-state index is 10.4.